The smallest absolute Gasteiger partial charge is 0.252 e. The number of carbonyl (C=O) groups is 1. The molecular formula is C14H20BrNO. The molecule has 1 N–H and O–H groups in total. The van der Waals surface area contributed by atoms with E-state index in [0.29, 0.717) is 5.92 Å². The summed E-state index contributed by atoms with van der Waals surface area (Å²) in [5, 5.41) is 2.95. The van der Waals surface area contributed by atoms with Crippen LogP contribution in [0.15, 0.2) is 22.7 Å². The third-order valence-corrected chi connectivity index (χ3v) is 3.73. The van der Waals surface area contributed by atoms with E-state index in [0.717, 1.165) is 35.0 Å². The van der Waals surface area contributed by atoms with Gasteiger partial charge in [-0.3, -0.25) is 4.79 Å². The summed E-state index contributed by atoms with van der Waals surface area (Å²) in [7, 11) is 0. The Hall–Kier alpha value is -0.830. The molecule has 0 fully saturated rings. The fraction of sp³-hybridized carbons (Fsp3) is 0.500. The van der Waals surface area contributed by atoms with Crippen LogP contribution in [0.2, 0.25) is 0 Å². The van der Waals surface area contributed by atoms with Crippen molar-refractivity contribution in [3.8, 4) is 0 Å². The summed E-state index contributed by atoms with van der Waals surface area (Å²) in [6.07, 6.45) is 2.18. The molecule has 0 aromatic heterocycles. The third kappa shape index (κ3) is 4.50. The molecule has 0 radical (unpaired) electrons. The molecule has 1 aromatic rings. The van der Waals surface area contributed by atoms with Crippen molar-refractivity contribution in [1.82, 2.24) is 5.32 Å². The van der Waals surface area contributed by atoms with Gasteiger partial charge in [-0.05, 0) is 53.2 Å². The van der Waals surface area contributed by atoms with E-state index in [1.807, 2.05) is 25.1 Å². The number of carbonyl (C=O) groups excluding carboxylic acids is 1. The van der Waals surface area contributed by atoms with Crippen LogP contribution in [0.4, 0.5) is 0 Å². The van der Waals surface area contributed by atoms with Crippen molar-refractivity contribution in [3.63, 3.8) is 0 Å². The lowest BCUT2D eigenvalue weighted by atomic mass is 10.1. The number of rotatable bonds is 5. The second-order valence-corrected chi connectivity index (χ2v) is 5.52. The second-order valence-electron chi connectivity index (χ2n) is 4.73. The van der Waals surface area contributed by atoms with E-state index in [1.54, 1.807) is 0 Å². The Balaban J connectivity index is 2.50. The molecule has 0 atom stereocenters. The lowest BCUT2D eigenvalue weighted by Crippen LogP contribution is -2.25. The van der Waals surface area contributed by atoms with Crippen LogP contribution in [-0.4, -0.2) is 12.5 Å². The zero-order valence-electron chi connectivity index (χ0n) is 10.7. The number of aryl methyl sites for hydroxylation is 1. The first-order valence-electron chi connectivity index (χ1n) is 6.05. The van der Waals surface area contributed by atoms with Gasteiger partial charge in [-0.15, -0.1) is 0 Å². The number of nitrogens with one attached hydrogen (secondary N) is 1. The highest BCUT2D eigenvalue weighted by Gasteiger charge is 2.10. The number of benzene rings is 1. The first-order valence-corrected chi connectivity index (χ1v) is 6.85. The zero-order valence-corrected chi connectivity index (χ0v) is 12.3. The highest BCUT2D eigenvalue weighted by atomic mass is 79.9. The summed E-state index contributed by atoms with van der Waals surface area (Å²) in [5.41, 5.74) is 1.80. The Morgan fingerprint density at radius 2 is 2.12 bits per heavy atom. The standard InChI is InChI=1S/C14H20BrNO/c1-10(2)6-5-9-16-14(17)12-8-4-7-11(3)13(12)15/h4,7-8,10H,5-6,9H2,1-3H3,(H,16,17). The molecule has 0 aliphatic heterocycles. The molecule has 1 amide bonds. The minimum Gasteiger partial charge on any atom is -0.352 e. The minimum absolute atomic E-state index is 0.00401. The maximum absolute atomic E-state index is 11.9. The van der Waals surface area contributed by atoms with Gasteiger partial charge in [0.05, 0.1) is 5.56 Å². The normalized spacial score (nSPS) is 10.6. The van der Waals surface area contributed by atoms with E-state index in [9.17, 15) is 4.79 Å². The molecule has 0 aliphatic rings. The molecule has 0 saturated heterocycles. The molecule has 0 aliphatic carbocycles. The Kier molecular flexibility index (Phi) is 5.69. The van der Waals surface area contributed by atoms with Crippen molar-refractivity contribution < 1.29 is 4.79 Å². The van der Waals surface area contributed by atoms with Gasteiger partial charge in [0, 0.05) is 11.0 Å². The van der Waals surface area contributed by atoms with Gasteiger partial charge in [-0.25, -0.2) is 0 Å². The van der Waals surface area contributed by atoms with Crippen LogP contribution in [-0.2, 0) is 0 Å². The molecule has 3 heteroatoms. The van der Waals surface area contributed by atoms with Gasteiger partial charge in [0.1, 0.15) is 0 Å². The zero-order chi connectivity index (χ0) is 12.8. The molecule has 1 aromatic carbocycles. The maximum atomic E-state index is 11.9. The summed E-state index contributed by atoms with van der Waals surface area (Å²) in [4.78, 5) is 11.9. The quantitative estimate of drug-likeness (QED) is 0.820. The topological polar surface area (TPSA) is 29.1 Å². The predicted molar refractivity (Wildman–Crippen MR) is 75.3 cm³/mol. The van der Waals surface area contributed by atoms with Crippen molar-refractivity contribution in [2.45, 2.75) is 33.6 Å². The largest absolute Gasteiger partial charge is 0.352 e. The van der Waals surface area contributed by atoms with Crippen molar-refractivity contribution >= 4 is 21.8 Å². The number of amides is 1. The fourth-order valence-electron chi connectivity index (χ4n) is 1.63. The van der Waals surface area contributed by atoms with Crippen LogP contribution in [0.3, 0.4) is 0 Å². The van der Waals surface area contributed by atoms with Crippen molar-refractivity contribution in [3.05, 3.63) is 33.8 Å². The van der Waals surface area contributed by atoms with Crippen LogP contribution >= 0.6 is 15.9 Å². The van der Waals surface area contributed by atoms with Gasteiger partial charge >= 0.3 is 0 Å². The highest BCUT2D eigenvalue weighted by molar-refractivity contribution is 9.10. The summed E-state index contributed by atoms with van der Waals surface area (Å²) in [5.74, 6) is 0.696. The molecule has 17 heavy (non-hydrogen) atoms. The number of halogens is 1. The van der Waals surface area contributed by atoms with Crippen molar-refractivity contribution in [2.24, 2.45) is 5.92 Å². The van der Waals surface area contributed by atoms with Gasteiger partial charge in [0.15, 0.2) is 0 Å². The van der Waals surface area contributed by atoms with E-state index in [4.69, 9.17) is 0 Å². The minimum atomic E-state index is 0.00401. The van der Waals surface area contributed by atoms with Crippen LogP contribution < -0.4 is 5.32 Å². The van der Waals surface area contributed by atoms with E-state index < -0.39 is 0 Å². The molecule has 0 unspecified atom stereocenters. The van der Waals surface area contributed by atoms with Crippen LogP contribution in [0.25, 0.3) is 0 Å². The van der Waals surface area contributed by atoms with E-state index in [2.05, 4.69) is 35.1 Å². The second kappa shape index (κ2) is 6.80. The van der Waals surface area contributed by atoms with Crippen LogP contribution in [0.5, 0.6) is 0 Å². The molecule has 0 saturated carbocycles. The monoisotopic (exact) mass is 297 g/mol. The summed E-state index contributed by atoms with van der Waals surface area (Å²) < 4.78 is 0.890. The summed E-state index contributed by atoms with van der Waals surface area (Å²) >= 11 is 3.45. The summed E-state index contributed by atoms with van der Waals surface area (Å²) in [6, 6.07) is 5.73. The molecule has 0 spiro atoms. The molecule has 2 nitrogen and oxygen atoms in total. The van der Waals surface area contributed by atoms with E-state index in [-0.39, 0.29) is 5.91 Å². The van der Waals surface area contributed by atoms with Crippen molar-refractivity contribution in [2.75, 3.05) is 6.54 Å². The highest BCUT2D eigenvalue weighted by Crippen LogP contribution is 2.20. The lowest BCUT2D eigenvalue weighted by Gasteiger charge is -2.09. The van der Waals surface area contributed by atoms with Crippen LogP contribution in [0.1, 0.15) is 42.6 Å². The first-order chi connectivity index (χ1) is 8.02. The molecule has 0 heterocycles. The first kappa shape index (κ1) is 14.2. The van der Waals surface area contributed by atoms with Gasteiger partial charge in [0.25, 0.3) is 5.91 Å². The Bertz CT molecular complexity index is 388. The number of hydrogen-bond acceptors (Lipinski definition) is 1. The third-order valence-electron chi connectivity index (χ3n) is 2.68. The van der Waals surface area contributed by atoms with Gasteiger partial charge in [-0.2, -0.15) is 0 Å². The van der Waals surface area contributed by atoms with Crippen molar-refractivity contribution in [1.29, 1.82) is 0 Å². The van der Waals surface area contributed by atoms with E-state index >= 15 is 0 Å². The average molecular weight is 298 g/mol. The molecule has 0 bridgehead atoms. The van der Waals surface area contributed by atoms with E-state index in [1.165, 1.54) is 0 Å². The Morgan fingerprint density at radius 1 is 1.41 bits per heavy atom. The van der Waals surface area contributed by atoms with Gasteiger partial charge in [-0.1, -0.05) is 26.0 Å². The van der Waals surface area contributed by atoms with Gasteiger partial charge in [0.2, 0.25) is 0 Å². The Morgan fingerprint density at radius 3 is 2.76 bits per heavy atom. The maximum Gasteiger partial charge on any atom is 0.252 e. The summed E-state index contributed by atoms with van der Waals surface area (Å²) in [6.45, 7) is 7.12. The molecular weight excluding hydrogens is 278 g/mol. The van der Waals surface area contributed by atoms with Gasteiger partial charge < -0.3 is 5.32 Å². The fourth-order valence-corrected chi connectivity index (χ4v) is 2.07. The lowest BCUT2D eigenvalue weighted by molar-refractivity contribution is 0.0951. The average Bonchev–Trinajstić information content (AvgIpc) is 2.27. The predicted octanol–water partition coefficient (Wildman–Crippen LogP) is 3.92. The molecule has 1 rings (SSSR count). The van der Waals surface area contributed by atoms with Crippen LogP contribution in [0, 0.1) is 12.8 Å². The molecule has 94 valence electrons. The Labute approximate surface area is 112 Å². The number of hydrogen-bond donors (Lipinski definition) is 1. The SMILES string of the molecule is Cc1cccc(C(=O)NCCCC(C)C)c1Br.